The Hall–Kier alpha value is -1.76. The number of carbonyl (C=O) groups is 2. The normalized spacial score (nSPS) is 9.22. The highest BCUT2D eigenvalue weighted by atomic mass is 32.2. The van der Waals surface area contributed by atoms with Crippen molar-refractivity contribution in [3.63, 3.8) is 0 Å². The van der Waals surface area contributed by atoms with Crippen LogP contribution in [0.15, 0.2) is 24.3 Å². The third-order valence-electron chi connectivity index (χ3n) is 1.87. The Kier molecular flexibility index (Phi) is 5.99. The van der Waals surface area contributed by atoms with E-state index in [0.29, 0.717) is 11.1 Å². The van der Waals surface area contributed by atoms with Crippen LogP contribution in [0.2, 0.25) is 0 Å². The maximum absolute atomic E-state index is 11.6. The lowest BCUT2D eigenvalue weighted by Crippen LogP contribution is -1.99. The molecule has 18 heavy (non-hydrogen) atoms. The van der Waals surface area contributed by atoms with Crippen LogP contribution in [0.4, 0.5) is 0 Å². The van der Waals surface area contributed by atoms with Crippen LogP contribution in [0.3, 0.4) is 0 Å². The van der Waals surface area contributed by atoms with Crippen molar-refractivity contribution in [3.8, 4) is 12.1 Å². The summed E-state index contributed by atoms with van der Waals surface area (Å²) in [5, 5.41) is 16.3. The van der Waals surface area contributed by atoms with Gasteiger partial charge in [0, 0.05) is 11.1 Å². The fraction of sp³-hybridized carbons (Fsp3) is 0.167. The Morgan fingerprint density at radius 2 is 1.44 bits per heavy atom. The molecule has 1 aromatic carbocycles. The molecule has 0 atom stereocenters. The van der Waals surface area contributed by atoms with E-state index in [4.69, 9.17) is 10.5 Å². The fourth-order valence-corrected chi connectivity index (χ4v) is 2.11. The van der Waals surface area contributed by atoms with Crippen LogP contribution in [0.5, 0.6) is 0 Å². The van der Waals surface area contributed by atoms with Gasteiger partial charge in [-0.1, -0.05) is 41.7 Å². The van der Waals surface area contributed by atoms with Crippen molar-refractivity contribution < 1.29 is 9.59 Å². The largest absolute Gasteiger partial charge is 0.282 e. The first-order valence-electron chi connectivity index (χ1n) is 4.87. The Morgan fingerprint density at radius 1 is 1.00 bits per heavy atom. The molecule has 0 radical (unpaired) electrons. The average molecular weight is 276 g/mol. The summed E-state index contributed by atoms with van der Waals surface area (Å²) >= 11 is 1.79. The molecule has 0 fully saturated rings. The molecule has 1 aromatic rings. The smallest absolute Gasteiger partial charge is 0.220 e. The Balaban J connectivity index is 2.80. The van der Waals surface area contributed by atoms with Crippen molar-refractivity contribution >= 4 is 33.8 Å². The molecule has 0 aliphatic rings. The molecule has 0 spiro atoms. The maximum Gasteiger partial charge on any atom is 0.220 e. The SMILES string of the molecule is N#CCSC(=O)c1cccc(C(=O)SCC#N)c1. The van der Waals surface area contributed by atoms with Gasteiger partial charge in [-0.15, -0.1) is 0 Å². The van der Waals surface area contributed by atoms with Crippen molar-refractivity contribution in [3.05, 3.63) is 35.4 Å². The number of carbonyl (C=O) groups excluding carboxylic acids is 2. The molecular weight excluding hydrogens is 268 g/mol. The molecule has 1 rings (SSSR count). The predicted molar refractivity (Wildman–Crippen MR) is 71.2 cm³/mol. The average Bonchev–Trinajstić information content (AvgIpc) is 2.42. The molecular formula is C12H8N2O2S2. The van der Waals surface area contributed by atoms with E-state index < -0.39 is 0 Å². The minimum Gasteiger partial charge on any atom is -0.282 e. The zero-order chi connectivity index (χ0) is 13.4. The number of hydrogen-bond donors (Lipinski definition) is 0. The molecule has 0 aliphatic heterocycles. The van der Waals surface area contributed by atoms with E-state index in [0.717, 1.165) is 23.5 Å². The molecule has 0 unspecified atom stereocenters. The number of nitrogens with zero attached hydrogens (tertiary/aromatic N) is 2. The van der Waals surface area contributed by atoms with Gasteiger partial charge in [-0.05, 0) is 6.07 Å². The van der Waals surface area contributed by atoms with Gasteiger partial charge >= 0.3 is 0 Å². The third-order valence-corrected chi connectivity index (χ3v) is 3.41. The summed E-state index contributed by atoms with van der Waals surface area (Å²) in [6, 6.07) is 10.0. The summed E-state index contributed by atoms with van der Waals surface area (Å²) in [5.41, 5.74) is 0.775. The maximum atomic E-state index is 11.6. The van der Waals surface area contributed by atoms with Crippen molar-refractivity contribution in [2.75, 3.05) is 11.5 Å². The molecule has 0 aliphatic carbocycles. The molecule has 0 bridgehead atoms. The van der Waals surface area contributed by atoms with E-state index in [2.05, 4.69) is 0 Å². The summed E-state index contributed by atoms with van der Waals surface area (Å²) < 4.78 is 0. The molecule has 0 aromatic heterocycles. The van der Waals surface area contributed by atoms with Gasteiger partial charge in [0.1, 0.15) is 0 Å². The number of benzene rings is 1. The molecule has 0 heterocycles. The summed E-state index contributed by atoms with van der Waals surface area (Å²) in [4.78, 5) is 23.3. The van der Waals surface area contributed by atoms with Gasteiger partial charge in [0.15, 0.2) is 0 Å². The van der Waals surface area contributed by atoms with Crippen LogP contribution in [0, 0.1) is 22.7 Å². The third kappa shape index (κ3) is 4.25. The monoisotopic (exact) mass is 276 g/mol. The highest BCUT2D eigenvalue weighted by Gasteiger charge is 2.11. The zero-order valence-electron chi connectivity index (χ0n) is 9.25. The summed E-state index contributed by atoms with van der Waals surface area (Å²) in [7, 11) is 0. The van der Waals surface area contributed by atoms with Crippen molar-refractivity contribution in [2.24, 2.45) is 0 Å². The van der Waals surface area contributed by atoms with Crippen molar-refractivity contribution in [1.29, 1.82) is 10.5 Å². The van der Waals surface area contributed by atoms with Crippen LogP contribution < -0.4 is 0 Å². The fourth-order valence-electron chi connectivity index (χ4n) is 1.14. The zero-order valence-corrected chi connectivity index (χ0v) is 10.9. The Bertz CT molecular complexity index is 498. The van der Waals surface area contributed by atoms with Crippen LogP contribution >= 0.6 is 23.5 Å². The first kappa shape index (κ1) is 14.3. The predicted octanol–water partition coefficient (Wildman–Crippen LogP) is 2.48. The first-order chi connectivity index (χ1) is 8.69. The van der Waals surface area contributed by atoms with E-state index >= 15 is 0 Å². The summed E-state index contributed by atoms with van der Waals surface area (Å²) in [5.74, 6) is 0.167. The lowest BCUT2D eigenvalue weighted by atomic mass is 10.1. The van der Waals surface area contributed by atoms with Crippen LogP contribution in [-0.2, 0) is 0 Å². The van der Waals surface area contributed by atoms with Crippen LogP contribution in [0.25, 0.3) is 0 Å². The minimum absolute atomic E-state index is 0.0835. The highest BCUT2D eigenvalue weighted by Crippen LogP contribution is 2.17. The van der Waals surface area contributed by atoms with E-state index in [9.17, 15) is 9.59 Å². The molecule has 0 saturated carbocycles. The molecule has 0 saturated heterocycles. The van der Waals surface area contributed by atoms with E-state index in [1.807, 2.05) is 12.1 Å². The minimum atomic E-state index is -0.239. The molecule has 6 heteroatoms. The number of thioether (sulfide) groups is 2. The second kappa shape index (κ2) is 7.54. The quantitative estimate of drug-likeness (QED) is 0.840. The number of nitriles is 2. The van der Waals surface area contributed by atoms with Gasteiger partial charge in [-0.3, -0.25) is 9.59 Å². The summed E-state index contributed by atoms with van der Waals surface area (Å²) in [6.07, 6.45) is 0. The van der Waals surface area contributed by atoms with Crippen molar-refractivity contribution in [2.45, 2.75) is 0 Å². The van der Waals surface area contributed by atoms with Gasteiger partial charge in [-0.25, -0.2) is 0 Å². The van der Waals surface area contributed by atoms with E-state index in [1.165, 1.54) is 6.07 Å². The van der Waals surface area contributed by atoms with E-state index in [1.54, 1.807) is 18.2 Å². The summed E-state index contributed by atoms with van der Waals surface area (Å²) in [6.45, 7) is 0. The number of hydrogen-bond acceptors (Lipinski definition) is 6. The van der Waals surface area contributed by atoms with Gasteiger partial charge < -0.3 is 0 Å². The van der Waals surface area contributed by atoms with Crippen LogP contribution in [-0.4, -0.2) is 21.7 Å². The number of rotatable bonds is 4. The van der Waals surface area contributed by atoms with E-state index in [-0.39, 0.29) is 21.7 Å². The topological polar surface area (TPSA) is 81.7 Å². The van der Waals surface area contributed by atoms with Crippen molar-refractivity contribution in [1.82, 2.24) is 0 Å². The molecule has 0 amide bonds. The van der Waals surface area contributed by atoms with Gasteiger partial charge in [0.25, 0.3) is 0 Å². The Morgan fingerprint density at radius 3 is 1.83 bits per heavy atom. The second-order valence-electron chi connectivity index (χ2n) is 3.05. The lowest BCUT2D eigenvalue weighted by Gasteiger charge is -2.01. The lowest BCUT2D eigenvalue weighted by molar-refractivity contribution is 0.108. The second-order valence-corrected chi connectivity index (χ2v) is 4.95. The standard InChI is InChI=1S/C12H8N2O2S2/c13-4-6-17-11(15)9-2-1-3-10(8-9)12(16)18-7-5-14/h1-3,8H,6-7H2. The van der Waals surface area contributed by atoms with Gasteiger partial charge in [0.05, 0.1) is 23.6 Å². The van der Waals surface area contributed by atoms with Gasteiger partial charge in [-0.2, -0.15) is 10.5 Å². The highest BCUT2D eigenvalue weighted by molar-refractivity contribution is 8.14. The molecule has 4 nitrogen and oxygen atoms in total. The molecule has 0 N–H and O–H groups in total. The molecule has 90 valence electrons. The Labute approximate surface area is 113 Å². The first-order valence-corrected chi connectivity index (χ1v) is 6.84. The van der Waals surface area contributed by atoms with Gasteiger partial charge in [0.2, 0.25) is 10.2 Å². The van der Waals surface area contributed by atoms with Crippen LogP contribution in [0.1, 0.15) is 20.7 Å².